The second kappa shape index (κ2) is 7.52. The lowest BCUT2D eigenvalue weighted by Crippen LogP contribution is -2.17. The molecule has 5 nitrogen and oxygen atoms in total. The number of benzene rings is 2. The van der Waals surface area contributed by atoms with Crippen LogP contribution in [-0.2, 0) is 0 Å². The van der Waals surface area contributed by atoms with Crippen molar-refractivity contribution in [1.29, 1.82) is 0 Å². The first kappa shape index (κ1) is 18.7. The van der Waals surface area contributed by atoms with Crippen LogP contribution in [0.1, 0.15) is 10.4 Å². The molecule has 0 aliphatic heterocycles. The van der Waals surface area contributed by atoms with Crippen LogP contribution in [0, 0.1) is 0 Å². The first-order valence-corrected chi connectivity index (χ1v) is 7.20. The molecule has 0 unspecified atom stereocenters. The van der Waals surface area contributed by atoms with E-state index in [2.05, 4.69) is 10.1 Å². The molecule has 0 saturated heterocycles. The third kappa shape index (κ3) is 4.93. The Morgan fingerprint density at radius 2 is 1.64 bits per heavy atom. The van der Waals surface area contributed by atoms with Crippen molar-refractivity contribution in [2.24, 2.45) is 0 Å². The van der Waals surface area contributed by atoms with Crippen LogP contribution in [0.4, 0.5) is 18.9 Å². The molecule has 0 fully saturated rings. The van der Waals surface area contributed by atoms with Crippen molar-refractivity contribution in [2.45, 2.75) is 6.36 Å². The number of carbonyl (C=O) groups is 1. The predicted molar refractivity (Wildman–Crippen MR) is 85.6 cm³/mol. The number of hydrogen-bond donors (Lipinski definition) is 1. The maximum Gasteiger partial charge on any atom is 0.573 e. The molecule has 0 radical (unpaired) electrons. The highest BCUT2D eigenvalue weighted by Crippen LogP contribution is 2.36. The Kier molecular flexibility index (Phi) is 5.63. The van der Waals surface area contributed by atoms with E-state index in [0.717, 1.165) is 12.1 Å². The summed E-state index contributed by atoms with van der Waals surface area (Å²) in [7, 11) is 2.82. The highest BCUT2D eigenvalue weighted by atomic mass is 35.5. The van der Waals surface area contributed by atoms with Gasteiger partial charge in [0.05, 0.1) is 24.9 Å². The van der Waals surface area contributed by atoms with E-state index in [0.29, 0.717) is 22.2 Å². The molecule has 9 heteroatoms. The van der Waals surface area contributed by atoms with Crippen molar-refractivity contribution in [2.75, 3.05) is 19.5 Å². The predicted octanol–water partition coefficient (Wildman–Crippen LogP) is 4.51. The number of alkyl halides is 3. The van der Waals surface area contributed by atoms with Gasteiger partial charge in [-0.05, 0) is 24.3 Å². The third-order valence-corrected chi connectivity index (χ3v) is 3.37. The molecule has 2 rings (SSSR count). The lowest BCUT2D eigenvalue weighted by atomic mass is 10.2. The second-order valence-electron chi connectivity index (χ2n) is 4.71. The molecule has 2 aromatic carbocycles. The minimum atomic E-state index is -4.79. The standard InChI is InChI=1S/C16H13ClF3NO4/c1-23-13-8-12(14(24-2)7-11(13)17)21-15(22)9-3-5-10(6-4-9)25-16(18,19)20/h3-8H,1-2H3,(H,21,22). The molecule has 0 bridgehead atoms. The van der Waals surface area contributed by atoms with Gasteiger partial charge in [-0.2, -0.15) is 0 Å². The number of halogens is 4. The van der Waals surface area contributed by atoms with Gasteiger partial charge in [0.25, 0.3) is 5.91 Å². The normalized spacial score (nSPS) is 11.0. The molecule has 134 valence electrons. The summed E-state index contributed by atoms with van der Waals surface area (Å²) in [4.78, 5) is 12.3. The van der Waals surface area contributed by atoms with Gasteiger partial charge in [0, 0.05) is 17.7 Å². The minimum absolute atomic E-state index is 0.130. The van der Waals surface area contributed by atoms with Crippen molar-refractivity contribution in [3.05, 3.63) is 47.0 Å². The average molecular weight is 376 g/mol. The van der Waals surface area contributed by atoms with E-state index < -0.39 is 18.0 Å². The first-order valence-electron chi connectivity index (χ1n) is 6.82. The molecule has 2 aromatic rings. The van der Waals surface area contributed by atoms with Crippen LogP contribution in [0.2, 0.25) is 5.02 Å². The fourth-order valence-electron chi connectivity index (χ4n) is 1.96. The summed E-state index contributed by atoms with van der Waals surface area (Å²) in [5.74, 6) is -0.348. The summed E-state index contributed by atoms with van der Waals surface area (Å²) in [6.45, 7) is 0. The third-order valence-electron chi connectivity index (χ3n) is 3.07. The summed E-state index contributed by atoms with van der Waals surface area (Å²) in [5.41, 5.74) is 0.426. The number of hydrogen-bond acceptors (Lipinski definition) is 4. The largest absolute Gasteiger partial charge is 0.573 e. The first-order chi connectivity index (χ1) is 11.7. The molecule has 0 heterocycles. The van der Waals surface area contributed by atoms with Gasteiger partial charge < -0.3 is 19.5 Å². The van der Waals surface area contributed by atoms with Crippen molar-refractivity contribution in [3.8, 4) is 17.2 Å². The number of methoxy groups -OCH3 is 2. The lowest BCUT2D eigenvalue weighted by Gasteiger charge is -2.13. The van der Waals surface area contributed by atoms with Gasteiger partial charge in [-0.15, -0.1) is 13.2 Å². The van der Waals surface area contributed by atoms with Crippen LogP contribution in [0.5, 0.6) is 17.2 Å². The smallest absolute Gasteiger partial charge is 0.495 e. The van der Waals surface area contributed by atoms with Crippen molar-refractivity contribution in [1.82, 2.24) is 0 Å². The number of amides is 1. The van der Waals surface area contributed by atoms with Crippen molar-refractivity contribution < 1.29 is 32.2 Å². The molecule has 1 N–H and O–H groups in total. The summed E-state index contributed by atoms with van der Waals surface area (Å²) in [6, 6.07) is 7.44. The van der Waals surface area contributed by atoms with Gasteiger partial charge in [0.2, 0.25) is 0 Å². The van der Waals surface area contributed by atoms with E-state index in [1.54, 1.807) is 0 Å². The van der Waals surface area contributed by atoms with E-state index >= 15 is 0 Å². The van der Waals surface area contributed by atoms with Gasteiger partial charge in [-0.1, -0.05) is 11.6 Å². The van der Waals surface area contributed by atoms with Crippen LogP contribution >= 0.6 is 11.6 Å². The number of anilines is 1. The number of ether oxygens (including phenoxy) is 3. The van der Waals surface area contributed by atoms with Gasteiger partial charge in [0.15, 0.2) is 0 Å². The van der Waals surface area contributed by atoms with Crippen LogP contribution in [0.3, 0.4) is 0 Å². The molecule has 0 aromatic heterocycles. The quantitative estimate of drug-likeness (QED) is 0.835. The fraction of sp³-hybridized carbons (Fsp3) is 0.188. The topological polar surface area (TPSA) is 56.8 Å². The molecular formula is C16H13ClF3NO4. The van der Waals surface area contributed by atoms with Crippen LogP contribution in [0.15, 0.2) is 36.4 Å². The van der Waals surface area contributed by atoms with E-state index in [4.69, 9.17) is 21.1 Å². The van der Waals surface area contributed by atoms with Gasteiger partial charge in [-0.3, -0.25) is 4.79 Å². The lowest BCUT2D eigenvalue weighted by molar-refractivity contribution is -0.274. The Hall–Kier alpha value is -2.61. The maximum absolute atomic E-state index is 12.3. The van der Waals surface area contributed by atoms with E-state index in [9.17, 15) is 18.0 Å². The van der Waals surface area contributed by atoms with Crippen LogP contribution in [0.25, 0.3) is 0 Å². The monoisotopic (exact) mass is 375 g/mol. The number of rotatable bonds is 5. The van der Waals surface area contributed by atoms with E-state index in [1.165, 1.54) is 38.5 Å². The van der Waals surface area contributed by atoms with Crippen LogP contribution in [-0.4, -0.2) is 26.5 Å². The fourth-order valence-corrected chi connectivity index (χ4v) is 2.19. The summed E-state index contributed by atoms with van der Waals surface area (Å²) in [5, 5.41) is 2.88. The summed E-state index contributed by atoms with van der Waals surface area (Å²) in [6.07, 6.45) is -4.79. The zero-order valence-electron chi connectivity index (χ0n) is 13.1. The number of carbonyl (C=O) groups excluding carboxylic acids is 1. The Balaban J connectivity index is 2.19. The summed E-state index contributed by atoms with van der Waals surface area (Å²) >= 11 is 5.98. The summed E-state index contributed by atoms with van der Waals surface area (Å²) < 4.78 is 50.4. The Morgan fingerprint density at radius 3 is 2.16 bits per heavy atom. The van der Waals surface area contributed by atoms with E-state index in [1.807, 2.05) is 0 Å². The molecular weight excluding hydrogens is 363 g/mol. The minimum Gasteiger partial charge on any atom is -0.495 e. The molecule has 0 saturated carbocycles. The molecule has 0 atom stereocenters. The Labute approximate surface area is 146 Å². The van der Waals surface area contributed by atoms with Crippen LogP contribution < -0.4 is 19.5 Å². The van der Waals surface area contributed by atoms with Gasteiger partial charge in [-0.25, -0.2) is 0 Å². The average Bonchev–Trinajstić information content (AvgIpc) is 2.55. The second-order valence-corrected chi connectivity index (χ2v) is 5.12. The van der Waals surface area contributed by atoms with Crippen molar-refractivity contribution >= 4 is 23.2 Å². The Bertz CT molecular complexity index is 763. The zero-order chi connectivity index (χ0) is 18.6. The Morgan fingerprint density at radius 1 is 1.04 bits per heavy atom. The molecule has 1 amide bonds. The highest BCUT2D eigenvalue weighted by molar-refractivity contribution is 6.32. The number of nitrogens with one attached hydrogen (secondary N) is 1. The van der Waals surface area contributed by atoms with Gasteiger partial charge >= 0.3 is 6.36 Å². The highest BCUT2D eigenvalue weighted by Gasteiger charge is 2.31. The zero-order valence-corrected chi connectivity index (χ0v) is 13.9. The molecule has 0 aliphatic rings. The maximum atomic E-state index is 12.3. The molecule has 0 spiro atoms. The van der Waals surface area contributed by atoms with Crippen molar-refractivity contribution in [3.63, 3.8) is 0 Å². The molecule has 0 aliphatic carbocycles. The van der Waals surface area contributed by atoms with E-state index in [-0.39, 0.29) is 5.56 Å². The SMILES string of the molecule is COc1cc(NC(=O)c2ccc(OC(F)(F)F)cc2)c(OC)cc1Cl. The van der Waals surface area contributed by atoms with Gasteiger partial charge in [0.1, 0.15) is 17.2 Å². The molecule has 25 heavy (non-hydrogen) atoms.